The van der Waals surface area contributed by atoms with E-state index in [0.29, 0.717) is 6.54 Å². The maximum absolute atomic E-state index is 14.2. The first-order chi connectivity index (χ1) is 20.3. The van der Waals surface area contributed by atoms with Crippen LogP contribution in [0.15, 0.2) is 48.5 Å². The smallest absolute Gasteiger partial charge is 0.290 e. The topological polar surface area (TPSA) is 119 Å². The second kappa shape index (κ2) is 14.4. The Morgan fingerprint density at radius 1 is 1.02 bits per heavy atom. The number of hydrogen-bond donors (Lipinski definition) is 3. The highest BCUT2D eigenvalue weighted by Gasteiger charge is 2.47. The lowest BCUT2D eigenvalue weighted by atomic mass is 9.86. The summed E-state index contributed by atoms with van der Waals surface area (Å²) in [5.74, 6) is 0.0663. The average Bonchev–Trinajstić information content (AvgIpc) is 3.42. The van der Waals surface area contributed by atoms with Crippen molar-refractivity contribution in [1.29, 1.82) is 0 Å². The summed E-state index contributed by atoms with van der Waals surface area (Å²) in [6.07, 6.45) is 4.90. The first-order valence-electron chi connectivity index (χ1n) is 15.1. The van der Waals surface area contributed by atoms with Crippen LogP contribution in [0.25, 0.3) is 0 Å². The number of hydrogen-bond acceptors (Lipinski definition) is 5. The van der Waals surface area contributed by atoms with E-state index in [9.17, 15) is 14.4 Å². The van der Waals surface area contributed by atoms with Gasteiger partial charge in [-0.2, -0.15) is 0 Å². The Balaban J connectivity index is 0.00000129. The summed E-state index contributed by atoms with van der Waals surface area (Å²) < 4.78 is 0. The van der Waals surface area contributed by atoms with E-state index in [1.807, 2.05) is 41.3 Å². The molecule has 5 rings (SSSR count). The number of fused-ring (bicyclic) bond motifs is 1. The zero-order chi connectivity index (χ0) is 30.2. The molecule has 9 nitrogen and oxygen atoms in total. The first kappa shape index (κ1) is 31.2. The van der Waals surface area contributed by atoms with Gasteiger partial charge in [0.05, 0.1) is 0 Å². The zero-order valence-corrected chi connectivity index (χ0v) is 24.9. The van der Waals surface area contributed by atoms with Crippen molar-refractivity contribution in [2.45, 2.75) is 71.0 Å². The molecule has 1 aliphatic carbocycles. The molecule has 2 fully saturated rings. The lowest BCUT2D eigenvalue weighted by Gasteiger charge is -2.44. The summed E-state index contributed by atoms with van der Waals surface area (Å²) in [4.78, 5) is 53.4. The average molecular weight is 577 g/mol. The maximum atomic E-state index is 14.2. The molecule has 9 heteroatoms. The van der Waals surface area contributed by atoms with Crippen LogP contribution in [0.2, 0.25) is 0 Å². The van der Waals surface area contributed by atoms with Gasteiger partial charge in [-0.1, -0.05) is 69.2 Å². The molecule has 3 amide bonds. The van der Waals surface area contributed by atoms with Crippen molar-refractivity contribution in [3.63, 3.8) is 0 Å². The van der Waals surface area contributed by atoms with Crippen LogP contribution in [0.4, 0.5) is 5.69 Å². The molecule has 0 spiro atoms. The van der Waals surface area contributed by atoms with Gasteiger partial charge in [0, 0.05) is 18.2 Å². The molecule has 2 aromatic rings. The highest BCUT2D eigenvalue weighted by atomic mass is 16.3. The Morgan fingerprint density at radius 3 is 2.19 bits per heavy atom. The van der Waals surface area contributed by atoms with Gasteiger partial charge in [0.15, 0.2) is 0 Å². The molecule has 3 N–H and O–H groups in total. The van der Waals surface area contributed by atoms with Crippen LogP contribution in [0.3, 0.4) is 0 Å². The van der Waals surface area contributed by atoms with E-state index >= 15 is 0 Å². The van der Waals surface area contributed by atoms with Crippen molar-refractivity contribution in [3.8, 4) is 0 Å². The quantitative estimate of drug-likeness (QED) is 0.413. The van der Waals surface area contributed by atoms with Gasteiger partial charge in [0.2, 0.25) is 17.7 Å². The van der Waals surface area contributed by atoms with Crippen molar-refractivity contribution in [2.24, 2.45) is 17.8 Å². The third-order valence-corrected chi connectivity index (χ3v) is 9.21. The third kappa shape index (κ3) is 7.01. The normalized spacial score (nSPS) is 21.4. The summed E-state index contributed by atoms with van der Waals surface area (Å²) in [6, 6.07) is 15.0. The number of likely N-dealkylation sites (tertiary alicyclic amines) is 1. The van der Waals surface area contributed by atoms with Crippen molar-refractivity contribution in [3.05, 3.63) is 65.2 Å². The Morgan fingerprint density at radius 2 is 1.60 bits per heavy atom. The summed E-state index contributed by atoms with van der Waals surface area (Å²) in [5.41, 5.74) is 4.12. The van der Waals surface area contributed by atoms with Gasteiger partial charge in [0.1, 0.15) is 12.1 Å². The fourth-order valence-corrected chi connectivity index (χ4v) is 6.75. The van der Waals surface area contributed by atoms with E-state index < -0.39 is 12.1 Å². The number of piperidine rings is 1. The molecule has 0 saturated carbocycles. The molecule has 0 radical (unpaired) electrons. The summed E-state index contributed by atoms with van der Waals surface area (Å²) in [7, 11) is 2.09. The van der Waals surface area contributed by atoms with Crippen LogP contribution in [-0.2, 0) is 38.6 Å². The largest absolute Gasteiger partial charge is 0.483 e. The highest BCUT2D eigenvalue weighted by Crippen LogP contribution is 2.34. The van der Waals surface area contributed by atoms with Gasteiger partial charge in [-0.05, 0) is 80.4 Å². The van der Waals surface area contributed by atoms with Crippen molar-refractivity contribution in [2.75, 3.05) is 25.5 Å². The maximum Gasteiger partial charge on any atom is 0.290 e. The van der Waals surface area contributed by atoms with Crippen LogP contribution in [0.1, 0.15) is 56.2 Å². The number of carbonyl (C=O) groups excluding carboxylic acids is 3. The zero-order valence-electron chi connectivity index (χ0n) is 24.9. The molecule has 2 saturated heterocycles. The van der Waals surface area contributed by atoms with Crippen molar-refractivity contribution >= 4 is 29.9 Å². The lowest BCUT2D eigenvalue weighted by molar-refractivity contribution is -0.154. The molecule has 2 aromatic carbocycles. The molecule has 0 unspecified atom stereocenters. The molecular formula is C33H44N4O5. The molecule has 3 aliphatic rings. The lowest BCUT2D eigenvalue weighted by Crippen LogP contribution is -2.66. The number of piperazine rings is 1. The van der Waals surface area contributed by atoms with E-state index in [4.69, 9.17) is 9.90 Å². The molecule has 226 valence electrons. The Kier molecular flexibility index (Phi) is 10.7. The van der Waals surface area contributed by atoms with E-state index in [0.717, 1.165) is 62.9 Å². The van der Waals surface area contributed by atoms with E-state index in [-0.39, 0.29) is 41.9 Å². The molecular weight excluding hydrogens is 532 g/mol. The van der Waals surface area contributed by atoms with Crippen molar-refractivity contribution < 1.29 is 24.3 Å². The van der Waals surface area contributed by atoms with Gasteiger partial charge in [-0.15, -0.1) is 0 Å². The fraction of sp³-hybridized carbons (Fsp3) is 0.515. The van der Waals surface area contributed by atoms with Crippen LogP contribution in [0, 0.1) is 17.8 Å². The van der Waals surface area contributed by atoms with Crippen LogP contribution in [0.5, 0.6) is 0 Å². The first-order valence-corrected chi connectivity index (χ1v) is 15.1. The molecule has 2 heterocycles. The number of anilines is 1. The van der Waals surface area contributed by atoms with Gasteiger partial charge in [-0.25, -0.2) is 0 Å². The van der Waals surface area contributed by atoms with Gasteiger partial charge in [-0.3, -0.25) is 19.2 Å². The highest BCUT2D eigenvalue weighted by molar-refractivity contribution is 5.98. The number of nitrogens with one attached hydrogen (secondary N) is 2. The summed E-state index contributed by atoms with van der Waals surface area (Å²) in [6.45, 7) is 6.05. The SMILES string of the molecule is CCC(CC)[C@@H]1C(=O)N[C@H](C2Cc3ccccc3C2)C(=O)N1Cc1ccccc1NC(=O)C1CCN(C)CC1.O=CO. The number of amides is 3. The van der Waals surface area contributed by atoms with Crippen LogP contribution >= 0.6 is 0 Å². The number of rotatable bonds is 8. The minimum atomic E-state index is -0.545. The van der Waals surface area contributed by atoms with Crippen LogP contribution in [-0.4, -0.2) is 71.3 Å². The summed E-state index contributed by atoms with van der Waals surface area (Å²) >= 11 is 0. The predicted octanol–water partition coefficient (Wildman–Crippen LogP) is 3.71. The minimum absolute atomic E-state index is 0.0117. The summed E-state index contributed by atoms with van der Waals surface area (Å²) in [5, 5.41) is 13.2. The van der Waals surface area contributed by atoms with E-state index in [1.165, 1.54) is 11.1 Å². The molecule has 2 atom stereocenters. The standard InChI is InChI=1S/C32H42N4O3.CH2O2/c1-4-21(5-2)29-31(38)34-28(26-18-23-10-6-7-11-24(23)19-26)32(39)36(29)20-25-12-8-9-13-27(25)33-30(37)22-14-16-35(3)17-15-22;2-1-3/h6-13,21-22,26,28-29H,4-5,14-20H2,1-3H3,(H,33,37)(H,34,38);1H,(H,2,3)/t28-,29-;/m1./s1. The number of benzene rings is 2. The second-order valence-electron chi connectivity index (χ2n) is 11.7. The Hall–Kier alpha value is -3.72. The predicted molar refractivity (Wildman–Crippen MR) is 162 cm³/mol. The monoisotopic (exact) mass is 576 g/mol. The van der Waals surface area contributed by atoms with Crippen LogP contribution < -0.4 is 10.6 Å². The molecule has 0 aromatic heterocycles. The number of carbonyl (C=O) groups is 4. The fourth-order valence-electron chi connectivity index (χ4n) is 6.75. The Bertz CT molecular complexity index is 1230. The molecule has 2 aliphatic heterocycles. The Labute approximate surface area is 248 Å². The van der Waals surface area contributed by atoms with Gasteiger partial charge in [0.25, 0.3) is 6.47 Å². The van der Waals surface area contributed by atoms with E-state index in [2.05, 4.69) is 48.6 Å². The number of para-hydroxylation sites is 1. The third-order valence-electron chi connectivity index (χ3n) is 9.21. The second-order valence-corrected chi connectivity index (χ2v) is 11.7. The molecule has 0 bridgehead atoms. The minimum Gasteiger partial charge on any atom is -0.483 e. The molecule has 42 heavy (non-hydrogen) atoms. The number of carboxylic acid groups (broad SMARTS) is 1. The number of nitrogens with zero attached hydrogens (tertiary/aromatic N) is 2. The van der Waals surface area contributed by atoms with Gasteiger partial charge < -0.3 is 25.5 Å². The van der Waals surface area contributed by atoms with Crippen molar-refractivity contribution in [1.82, 2.24) is 15.1 Å². The van der Waals surface area contributed by atoms with Gasteiger partial charge >= 0.3 is 0 Å². The van der Waals surface area contributed by atoms with E-state index in [1.54, 1.807) is 0 Å².